The lowest BCUT2D eigenvalue weighted by Gasteiger charge is -2.37. The molecule has 1 aliphatic rings. The Bertz CT molecular complexity index is 1070. The van der Waals surface area contributed by atoms with E-state index in [1.54, 1.807) is 18.0 Å². The van der Waals surface area contributed by atoms with Crippen molar-refractivity contribution in [1.29, 1.82) is 0 Å². The quantitative estimate of drug-likeness (QED) is 0.120. The first kappa shape index (κ1) is 29.7. The third-order valence-corrected chi connectivity index (χ3v) is 7.57. The van der Waals surface area contributed by atoms with Gasteiger partial charge in [-0.05, 0) is 37.1 Å². The molecule has 206 valence electrons. The minimum atomic E-state index is -0.763. The number of carbonyl (C=O) groups excluding carboxylic acids is 1. The maximum absolute atomic E-state index is 14.1. The Morgan fingerprint density at radius 1 is 1.16 bits per heavy atom. The molecule has 1 N–H and O–H groups in total. The van der Waals surface area contributed by atoms with E-state index in [2.05, 4.69) is 27.9 Å². The highest BCUT2D eigenvalue weighted by Crippen LogP contribution is 2.27. The van der Waals surface area contributed by atoms with E-state index >= 15 is 0 Å². The van der Waals surface area contributed by atoms with Crippen LogP contribution in [0.25, 0.3) is 0 Å². The lowest BCUT2D eigenvalue weighted by molar-refractivity contribution is -0.119. The number of amides is 1. The second-order valence-electron chi connectivity index (χ2n) is 9.08. The minimum absolute atomic E-state index is 0.0591. The van der Waals surface area contributed by atoms with Gasteiger partial charge in [-0.25, -0.2) is 13.1 Å². The average Bonchev–Trinajstić information content (AvgIpc) is 2.92. The molecule has 1 aliphatic heterocycles. The van der Waals surface area contributed by atoms with Crippen LogP contribution in [0.3, 0.4) is 0 Å². The summed E-state index contributed by atoms with van der Waals surface area (Å²) in [6.45, 7) is 10.6. The van der Waals surface area contributed by atoms with Crippen molar-refractivity contribution in [2.45, 2.75) is 38.5 Å². The molecule has 1 fully saturated rings. The van der Waals surface area contributed by atoms with Crippen molar-refractivity contribution in [2.24, 2.45) is 0 Å². The van der Waals surface area contributed by atoms with Crippen LogP contribution < -0.4 is 4.90 Å². The maximum atomic E-state index is 14.1. The van der Waals surface area contributed by atoms with Crippen molar-refractivity contribution in [3.05, 3.63) is 89.8 Å². The van der Waals surface area contributed by atoms with E-state index in [0.29, 0.717) is 31.6 Å². The van der Waals surface area contributed by atoms with Gasteiger partial charge in [0, 0.05) is 57.1 Å². The number of halogens is 2. The summed E-state index contributed by atoms with van der Waals surface area (Å²) in [5.41, 5.74) is 1.91. The summed E-state index contributed by atoms with van der Waals surface area (Å²) >= 11 is 1.77. The van der Waals surface area contributed by atoms with Gasteiger partial charge in [0.15, 0.2) is 0 Å². The van der Waals surface area contributed by atoms with Crippen LogP contribution in [0.4, 0.5) is 14.5 Å². The van der Waals surface area contributed by atoms with E-state index in [1.807, 2.05) is 32.0 Å². The molecule has 0 bridgehead atoms. The zero-order valence-corrected chi connectivity index (χ0v) is 22.9. The van der Waals surface area contributed by atoms with Crippen LogP contribution in [0.15, 0.2) is 72.6 Å². The molecule has 2 aromatic carbocycles. The maximum Gasteiger partial charge on any atom is 0.295 e. The Morgan fingerprint density at radius 3 is 2.39 bits per heavy atom. The number of aliphatic hydroxyl groups excluding tert-OH is 1. The summed E-state index contributed by atoms with van der Waals surface area (Å²) in [5.74, 6) is -1.09. The molecule has 1 unspecified atom stereocenters. The van der Waals surface area contributed by atoms with E-state index < -0.39 is 17.5 Å². The molecular weight excluding hydrogens is 508 g/mol. The molecule has 2 aromatic rings. The number of carbonyl (C=O) groups is 1. The van der Waals surface area contributed by atoms with Crippen molar-refractivity contribution in [3.63, 3.8) is 0 Å². The van der Waals surface area contributed by atoms with Gasteiger partial charge in [-0.15, -0.1) is 0 Å². The van der Waals surface area contributed by atoms with Crippen LogP contribution in [-0.2, 0) is 15.3 Å². The average molecular weight is 546 g/mol. The first-order valence-electron chi connectivity index (χ1n) is 12.9. The van der Waals surface area contributed by atoms with Crippen molar-refractivity contribution < 1.29 is 23.4 Å². The second-order valence-corrected chi connectivity index (χ2v) is 10.1. The van der Waals surface area contributed by atoms with Crippen LogP contribution in [0.1, 0.15) is 32.3 Å². The van der Waals surface area contributed by atoms with Crippen LogP contribution in [0, 0.1) is 11.6 Å². The first-order chi connectivity index (χ1) is 18.4. The van der Waals surface area contributed by atoms with Crippen molar-refractivity contribution in [2.75, 3.05) is 44.3 Å². The summed E-state index contributed by atoms with van der Waals surface area (Å²) < 4.78 is 36.5. The molecular formula is C29H37F2N3O3S. The lowest BCUT2D eigenvalue weighted by Crippen LogP contribution is -2.45. The van der Waals surface area contributed by atoms with Gasteiger partial charge < -0.3 is 19.6 Å². The number of benzene rings is 2. The Morgan fingerprint density at radius 2 is 1.82 bits per heavy atom. The molecule has 6 nitrogen and oxygen atoms in total. The lowest BCUT2D eigenvalue weighted by atomic mass is 10.1. The Kier molecular flexibility index (Phi) is 11.6. The van der Waals surface area contributed by atoms with Gasteiger partial charge in [-0.3, -0.25) is 4.79 Å². The number of hydrogen-bond donors (Lipinski definition) is 1. The Labute approximate surface area is 228 Å². The number of anilines is 1. The Hall–Kier alpha value is -2.88. The standard InChI is InChI=1S/C29H37F2N3O3S/c1-4-22(3)34(26-19-24(30)18-25(31)20-26)29(36)28(37-17-9-16-35)27(5-2)32-12-14-33(15-13-32)38-21-23-10-7-6-8-11-23/h5-8,10-11,18-20,22,35H,2,4,9,12-17,21H2,1,3H3/b28-27-. The van der Waals surface area contributed by atoms with E-state index in [0.717, 1.165) is 37.0 Å². The number of nitrogens with zero attached hydrogens (tertiary/aromatic N) is 3. The zero-order valence-electron chi connectivity index (χ0n) is 22.1. The molecule has 3 rings (SSSR count). The van der Waals surface area contributed by atoms with Crippen LogP contribution in [0.2, 0.25) is 0 Å². The SMILES string of the molecule is C=C/C(=C(/OCCCO)C(=O)N(c1cc(F)cc(F)c1)C(C)CC)N1CCN(SCc2ccccc2)CC1. The van der Waals surface area contributed by atoms with Crippen LogP contribution in [-0.4, -0.2) is 65.7 Å². The molecule has 38 heavy (non-hydrogen) atoms. The van der Waals surface area contributed by atoms with Crippen molar-refractivity contribution >= 4 is 23.5 Å². The molecule has 9 heteroatoms. The Balaban J connectivity index is 1.85. The summed E-state index contributed by atoms with van der Waals surface area (Å²) in [6, 6.07) is 13.0. The fourth-order valence-electron chi connectivity index (χ4n) is 4.19. The molecule has 0 spiro atoms. The van der Waals surface area contributed by atoms with Crippen LogP contribution in [0.5, 0.6) is 0 Å². The van der Waals surface area contributed by atoms with E-state index in [4.69, 9.17) is 4.74 Å². The smallest absolute Gasteiger partial charge is 0.295 e. The van der Waals surface area contributed by atoms with Crippen molar-refractivity contribution in [3.8, 4) is 0 Å². The predicted molar refractivity (Wildman–Crippen MR) is 149 cm³/mol. The largest absolute Gasteiger partial charge is 0.486 e. The normalized spacial score (nSPS) is 15.6. The van der Waals surface area contributed by atoms with Gasteiger partial charge in [-0.1, -0.05) is 55.8 Å². The van der Waals surface area contributed by atoms with Crippen molar-refractivity contribution in [1.82, 2.24) is 9.21 Å². The number of allylic oxidation sites excluding steroid dienone is 1. The molecule has 1 heterocycles. The third-order valence-electron chi connectivity index (χ3n) is 6.38. The monoisotopic (exact) mass is 545 g/mol. The molecule has 0 aromatic heterocycles. The summed E-state index contributed by atoms with van der Waals surface area (Å²) in [4.78, 5) is 17.4. The second kappa shape index (κ2) is 14.9. The highest BCUT2D eigenvalue weighted by atomic mass is 32.2. The first-order valence-corrected chi connectivity index (χ1v) is 13.9. The molecule has 1 amide bonds. The third kappa shape index (κ3) is 8.06. The fraction of sp³-hybridized carbons (Fsp3) is 0.414. The number of aliphatic hydroxyl groups is 1. The molecule has 0 radical (unpaired) electrons. The van der Waals surface area contributed by atoms with Crippen LogP contribution >= 0.6 is 11.9 Å². The molecule has 0 saturated carbocycles. The zero-order chi connectivity index (χ0) is 27.5. The molecule has 0 aliphatic carbocycles. The summed E-state index contributed by atoms with van der Waals surface area (Å²) in [7, 11) is 0. The highest BCUT2D eigenvalue weighted by molar-refractivity contribution is 7.96. The topological polar surface area (TPSA) is 56.3 Å². The van der Waals surface area contributed by atoms with Gasteiger partial charge in [0.1, 0.15) is 11.6 Å². The summed E-state index contributed by atoms with van der Waals surface area (Å²) in [5, 5.41) is 9.29. The van der Waals surface area contributed by atoms with E-state index in [-0.39, 0.29) is 30.7 Å². The highest BCUT2D eigenvalue weighted by Gasteiger charge is 2.31. The van der Waals surface area contributed by atoms with Gasteiger partial charge in [0.25, 0.3) is 5.91 Å². The number of ether oxygens (including phenoxy) is 1. The molecule has 1 saturated heterocycles. The summed E-state index contributed by atoms with van der Waals surface area (Å²) in [6.07, 6.45) is 2.50. The van der Waals surface area contributed by atoms with Gasteiger partial charge in [0.05, 0.1) is 18.0 Å². The van der Waals surface area contributed by atoms with E-state index in [1.165, 1.54) is 10.5 Å². The minimum Gasteiger partial charge on any atom is -0.486 e. The van der Waals surface area contributed by atoms with Gasteiger partial charge in [0.2, 0.25) is 5.76 Å². The number of hydrogen-bond acceptors (Lipinski definition) is 6. The number of piperazine rings is 1. The fourth-order valence-corrected chi connectivity index (χ4v) is 5.14. The predicted octanol–water partition coefficient (Wildman–Crippen LogP) is 5.36. The van der Waals surface area contributed by atoms with E-state index in [9.17, 15) is 18.7 Å². The van der Waals surface area contributed by atoms with Gasteiger partial charge in [-0.2, -0.15) is 0 Å². The van der Waals surface area contributed by atoms with Gasteiger partial charge >= 0.3 is 0 Å². The number of rotatable bonds is 13. The molecule has 1 atom stereocenters.